The summed E-state index contributed by atoms with van der Waals surface area (Å²) in [6.45, 7) is 4.50. The van der Waals surface area contributed by atoms with Crippen molar-refractivity contribution in [1.82, 2.24) is 9.88 Å². The van der Waals surface area contributed by atoms with E-state index in [4.69, 9.17) is 5.11 Å². The lowest BCUT2D eigenvalue weighted by molar-refractivity contribution is -0.138. The van der Waals surface area contributed by atoms with Crippen LogP contribution in [0.4, 0.5) is 0 Å². The van der Waals surface area contributed by atoms with E-state index in [2.05, 4.69) is 5.32 Å². The van der Waals surface area contributed by atoms with Crippen molar-refractivity contribution in [1.29, 1.82) is 0 Å². The SMILES string of the molecule is CC(C)CC(CNC(=O)c1cccn1C)CC(=O)O. The predicted molar refractivity (Wildman–Crippen MR) is 72.9 cm³/mol. The van der Waals surface area contributed by atoms with Crippen LogP contribution in [0.2, 0.25) is 0 Å². The Balaban J connectivity index is 2.53. The van der Waals surface area contributed by atoms with E-state index in [9.17, 15) is 9.59 Å². The van der Waals surface area contributed by atoms with Crippen LogP contribution in [-0.4, -0.2) is 28.1 Å². The van der Waals surface area contributed by atoms with Crippen LogP contribution in [0.25, 0.3) is 0 Å². The number of hydrogen-bond donors (Lipinski definition) is 2. The maximum absolute atomic E-state index is 11.9. The Labute approximate surface area is 113 Å². The van der Waals surface area contributed by atoms with E-state index < -0.39 is 5.97 Å². The van der Waals surface area contributed by atoms with Crippen LogP contribution in [0.15, 0.2) is 18.3 Å². The largest absolute Gasteiger partial charge is 0.481 e. The number of aryl methyl sites for hydroxylation is 1. The number of nitrogens with one attached hydrogen (secondary N) is 1. The van der Waals surface area contributed by atoms with Crippen molar-refractivity contribution in [3.63, 3.8) is 0 Å². The van der Waals surface area contributed by atoms with Crippen LogP contribution in [0, 0.1) is 11.8 Å². The summed E-state index contributed by atoms with van der Waals surface area (Å²) in [4.78, 5) is 22.7. The number of hydrogen-bond acceptors (Lipinski definition) is 2. The smallest absolute Gasteiger partial charge is 0.303 e. The van der Waals surface area contributed by atoms with Gasteiger partial charge in [-0.05, 0) is 30.4 Å². The van der Waals surface area contributed by atoms with E-state index in [-0.39, 0.29) is 18.2 Å². The molecule has 1 amide bonds. The Hall–Kier alpha value is -1.78. The lowest BCUT2D eigenvalue weighted by atomic mass is 9.94. The lowest BCUT2D eigenvalue weighted by Gasteiger charge is -2.17. The van der Waals surface area contributed by atoms with E-state index >= 15 is 0 Å². The Morgan fingerprint density at radius 3 is 2.58 bits per heavy atom. The molecular weight excluding hydrogens is 244 g/mol. The summed E-state index contributed by atoms with van der Waals surface area (Å²) >= 11 is 0. The Morgan fingerprint density at radius 1 is 1.42 bits per heavy atom. The first-order chi connectivity index (χ1) is 8.90. The van der Waals surface area contributed by atoms with Crippen molar-refractivity contribution in [3.05, 3.63) is 24.0 Å². The molecule has 0 spiro atoms. The van der Waals surface area contributed by atoms with Crippen molar-refractivity contribution >= 4 is 11.9 Å². The molecule has 1 rings (SSSR count). The van der Waals surface area contributed by atoms with Crippen molar-refractivity contribution in [2.75, 3.05) is 6.54 Å². The first kappa shape index (κ1) is 15.3. The first-order valence-electron chi connectivity index (χ1n) is 6.51. The van der Waals surface area contributed by atoms with Gasteiger partial charge in [0.1, 0.15) is 5.69 Å². The summed E-state index contributed by atoms with van der Waals surface area (Å²) in [6, 6.07) is 3.54. The summed E-state index contributed by atoms with van der Waals surface area (Å²) in [6.07, 6.45) is 2.68. The van der Waals surface area contributed by atoms with Gasteiger partial charge >= 0.3 is 5.97 Å². The minimum Gasteiger partial charge on any atom is -0.481 e. The van der Waals surface area contributed by atoms with Gasteiger partial charge in [0.15, 0.2) is 0 Å². The number of nitrogens with zero attached hydrogens (tertiary/aromatic N) is 1. The number of carbonyl (C=O) groups excluding carboxylic acids is 1. The molecule has 0 aromatic carbocycles. The topological polar surface area (TPSA) is 71.3 Å². The molecule has 106 valence electrons. The molecule has 5 heteroatoms. The van der Waals surface area contributed by atoms with Gasteiger partial charge in [0.05, 0.1) is 0 Å². The molecule has 1 atom stereocenters. The average Bonchev–Trinajstić information content (AvgIpc) is 2.70. The second kappa shape index (κ2) is 6.97. The van der Waals surface area contributed by atoms with Gasteiger partial charge in [-0.2, -0.15) is 0 Å². The Morgan fingerprint density at radius 2 is 2.11 bits per heavy atom. The number of amides is 1. The number of aromatic nitrogens is 1. The first-order valence-corrected chi connectivity index (χ1v) is 6.51. The van der Waals surface area contributed by atoms with Crippen molar-refractivity contribution in [2.45, 2.75) is 26.7 Å². The predicted octanol–water partition coefficient (Wildman–Crippen LogP) is 1.89. The highest BCUT2D eigenvalue weighted by Crippen LogP contribution is 2.15. The highest BCUT2D eigenvalue weighted by Gasteiger charge is 2.17. The van der Waals surface area contributed by atoms with E-state index in [0.29, 0.717) is 18.2 Å². The second-order valence-corrected chi connectivity index (χ2v) is 5.31. The van der Waals surface area contributed by atoms with Gasteiger partial charge in [0.25, 0.3) is 5.91 Å². The van der Waals surface area contributed by atoms with E-state index in [1.54, 1.807) is 29.9 Å². The average molecular weight is 266 g/mol. The monoisotopic (exact) mass is 266 g/mol. The minimum atomic E-state index is -0.821. The zero-order valence-corrected chi connectivity index (χ0v) is 11.7. The molecule has 1 unspecified atom stereocenters. The molecule has 2 N–H and O–H groups in total. The fourth-order valence-corrected chi connectivity index (χ4v) is 2.18. The number of aliphatic carboxylic acids is 1. The Kier molecular flexibility index (Phi) is 5.60. The molecule has 1 aromatic heterocycles. The number of carboxylic acids is 1. The molecule has 0 bridgehead atoms. The number of carboxylic acid groups (broad SMARTS) is 1. The summed E-state index contributed by atoms with van der Waals surface area (Å²) in [5.74, 6) is -0.594. The molecule has 1 heterocycles. The van der Waals surface area contributed by atoms with Gasteiger partial charge in [-0.1, -0.05) is 13.8 Å². The van der Waals surface area contributed by atoms with Crippen molar-refractivity contribution in [2.24, 2.45) is 18.9 Å². The van der Waals surface area contributed by atoms with Crippen molar-refractivity contribution < 1.29 is 14.7 Å². The fraction of sp³-hybridized carbons (Fsp3) is 0.571. The maximum atomic E-state index is 11.9. The minimum absolute atomic E-state index is 0.0262. The third-order valence-corrected chi connectivity index (χ3v) is 3.00. The number of rotatable bonds is 7. The summed E-state index contributed by atoms with van der Waals surface area (Å²) in [5, 5.41) is 11.7. The zero-order chi connectivity index (χ0) is 14.4. The van der Waals surface area contributed by atoms with E-state index in [1.165, 1.54) is 0 Å². The third kappa shape index (κ3) is 5.16. The summed E-state index contributed by atoms with van der Waals surface area (Å²) in [7, 11) is 1.80. The summed E-state index contributed by atoms with van der Waals surface area (Å²) in [5.41, 5.74) is 0.582. The molecule has 0 aliphatic carbocycles. The van der Waals surface area contributed by atoms with Gasteiger partial charge in [-0.25, -0.2) is 0 Å². The van der Waals surface area contributed by atoms with Crippen LogP contribution in [0.3, 0.4) is 0 Å². The van der Waals surface area contributed by atoms with E-state index in [1.807, 2.05) is 13.8 Å². The fourth-order valence-electron chi connectivity index (χ4n) is 2.18. The molecule has 0 radical (unpaired) electrons. The molecule has 0 aliphatic rings. The van der Waals surface area contributed by atoms with E-state index in [0.717, 1.165) is 6.42 Å². The molecule has 0 aliphatic heterocycles. The van der Waals surface area contributed by atoms with Crippen molar-refractivity contribution in [3.8, 4) is 0 Å². The maximum Gasteiger partial charge on any atom is 0.303 e. The zero-order valence-electron chi connectivity index (χ0n) is 11.7. The molecule has 0 fully saturated rings. The molecule has 5 nitrogen and oxygen atoms in total. The summed E-state index contributed by atoms with van der Waals surface area (Å²) < 4.78 is 1.74. The lowest BCUT2D eigenvalue weighted by Crippen LogP contribution is -2.32. The highest BCUT2D eigenvalue weighted by molar-refractivity contribution is 5.92. The van der Waals surface area contributed by atoms with Crippen LogP contribution < -0.4 is 5.32 Å². The third-order valence-electron chi connectivity index (χ3n) is 3.00. The van der Waals surface area contributed by atoms with Gasteiger partial charge in [-0.15, -0.1) is 0 Å². The van der Waals surface area contributed by atoms with Crippen LogP contribution >= 0.6 is 0 Å². The van der Waals surface area contributed by atoms with Gasteiger partial charge in [-0.3, -0.25) is 9.59 Å². The highest BCUT2D eigenvalue weighted by atomic mass is 16.4. The van der Waals surface area contributed by atoms with Crippen LogP contribution in [-0.2, 0) is 11.8 Å². The Bertz CT molecular complexity index is 438. The van der Waals surface area contributed by atoms with Crippen LogP contribution in [0.5, 0.6) is 0 Å². The normalized spacial score (nSPS) is 12.4. The van der Waals surface area contributed by atoms with Gasteiger partial charge in [0.2, 0.25) is 0 Å². The standard InChI is InChI=1S/C14H22N2O3/c1-10(2)7-11(8-13(17)18)9-15-14(19)12-5-4-6-16(12)3/h4-6,10-11H,7-9H2,1-3H3,(H,15,19)(H,17,18). The van der Waals surface area contributed by atoms with Gasteiger partial charge < -0.3 is 15.0 Å². The number of carbonyl (C=O) groups is 2. The molecule has 1 aromatic rings. The molecular formula is C14H22N2O3. The quantitative estimate of drug-likeness (QED) is 0.791. The second-order valence-electron chi connectivity index (χ2n) is 5.31. The molecule has 19 heavy (non-hydrogen) atoms. The molecule has 0 saturated carbocycles. The molecule has 0 saturated heterocycles. The van der Waals surface area contributed by atoms with Crippen LogP contribution in [0.1, 0.15) is 37.2 Å². The van der Waals surface area contributed by atoms with Gasteiger partial charge in [0, 0.05) is 26.2 Å².